The van der Waals surface area contributed by atoms with Gasteiger partial charge < -0.3 is 4.74 Å². The highest BCUT2D eigenvalue weighted by atomic mass is 19.1. The third-order valence-electron chi connectivity index (χ3n) is 2.21. The van der Waals surface area contributed by atoms with E-state index in [1.807, 2.05) is 0 Å². The monoisotopic (exact) mass is 195 g/mol. The Morgan fingerprint density at radius 3 is 3.00 bits per heavy atom. The van der Waals surface area contributed by atoms with Gasteiger partial charge in [0.1, 0.15) is 5.78 Å². The van der Waals surface area contributed by atoms with Gasteiger partial charge in [-0.3, -0.25) is 4.79 Å². The molecule has 0 saturated heterocycles. The van der Waals surface area contributed by atoms with E-state index in [1.165, 1.54) is 18.3 Å². The minimum absolute atomic E-state index is 0.0202. The fraction of sp³-hybridized carbons (Fsp3) is 0.400. The molecular formula is C10H10FNO2. The minimum atomic E-state index is -0.460. The predicted octanol–water partition coefficient (Wildman–Crippen LogP) is 1.58. The number of ketones is 1. The summed E-state index contributed by atoms with van der Waals surface area (Å²) in [6.45, 7) is 0.375. The van der Waals surface area contributed by atoms with Crippen molar-refractivity contribution in [3.8, 4) is 5.88 Å². The molecule has 3 nitrogen and oxygen atoms in total. The van der Waals surface area contributed by atoms with Crippen LogP contribution < -0.4 is 4.74 Å². The second-order valence-corrected chi connectivity index (χ2v) is 3.41. The zero-order valence-electron chi connectivity index (χ0n) is 7.57. The van der Waals surface area contributed by atoms with Crippen LogP contribution in [0.1, 0.15) is 12.8 Å². The van der Waals surface area contributed by atoms with Crippen LogP contribution in [0.5, 0.6) is 5.88 Å². The van der Waals surface area contributed by atoms with E-state index in [1.54, 1.807) is 0 Å². The fourth-order valence-electron chi connectivity index (χ4n) is 1.38. The average molecular weight is 195 g/mol. The molecular weight excluding hydrogens is 185 g/mol. The molecule has 0 radical (unpaired) electrons. The third-order valence-corrected chi connectivity index (χ3v) is 2.21. The second kappa shape index (κ2) is 3.74. The van der Waals surface area contributed by atoms with E-state index in [2.05, 4.69) is 4.98 Å². The van der Waals surface area contributed by atoms with E-state index < -0.39 is 5.82 Å². The molecule has 0 bridgehead atoms. The normalized spacial score (nSPS) is 16.5. The van der Waals surface area contributed by atoms with Gasteiger partial charge in [0.05, 0.1) is 6.61 Å². The zero-order chi connectivity index (χ0) is 9.97. The Balaban J connectivity index is 1.86. The zero-order valence-corrected chi connectivity index (χ0v) is 7.57. The van der Waals surface area contributed by atoms with Crippen LogP contribution in [-0.2, 0) is 4.79 Å². The van der Waals surface area contributed by atoms with Crippen molar-refractivity contribution >= 4 is 5.78 Å². The van der Waals surface area contributed by atoms with Gasteiger partial charge in [0, 0.05) is 25.0 Å². The standard InChI is InChI=1S/C10H10FNO2/c11-9-2-1-3-12-10(9)14-6-7-4-8(13)5-7/h1-3,7H,4-6H2. The number of aromatic nitrogens is 1. The lowest BCUT2D eigenvalue weighted by molar-refractivity contribution is -0.127. The molecule has 0 atom stereocenters. The van der Waals surface area contributed by atoms with Gasteiger partial charge in [-0.1, -0.05) is 0 Å². The number of pyridine rings is 1. The van der Waals surface area contributed by atoms with Crippen LogP contribution in [0.2, 0.25) is 0 Å². The number of hydrogen-bond acceptors (Lipinski definition) is 3. The summed E-state index contributed by atoms with van der Waals surface area (Å²) in [4.78, 5) is 14.4. The second-order valence-electron chi connectivity index (χ2n) is 3.41. The molecule has 1 aromatic heterocycles. The molecule has 0 spiro atoms. The molecule has 0 unspecified atom stereocenters. The topological polar surface area (TPSA) is 39.2 Å². The van der Waals surface area contributed by atoms with Crippen LogP contribution >= 0.6 is 0 Å². The minimum Gasteiger partial charge on any atom is -0.475 e. The first-order valence-electron chi connectivity index (χ1n) is 4.50. The lowest BCUT2D eigenvalue weighted by Gasteiger charge is -2.23. The van der Waals surface area contributed by atoms with Gasteiger partial charge in [-0.2, -0.15) is 0 Å². The Morgan fingerprint density at radius 1 is 1.57 bits per heavy atom. The maximum Gasteiger partial charge on any atom is 0.250 e. The molecule has 74 valence electrons. The number of carbonyl (C=O) groups is 1. The SMILES string of the molecule is O=C1CC(COc2ncccc2F)C1. The van der Waals surface area contributed by atoms with Crippen molar-refractivity contribution in [1.82, 2.24) is 4.98 Å². The summed E-state index contributed by atoms with van der Waals surface area (Å²) in [6, 6.07) is 2.81. The van der Waals surface area contributed by atoms with Gasteiger partial charge in [-0.15, -0.1) is 0 Å². The smallest absolute Gasteiger partial charge is 0.250 e. The number of Topliss-reactive ketones (excluding diaryl/α,β-unsaturated/α-hetero) is 1. The number of nitrogens with zero attached hydrogens (tertiary/aromatic N) is 1. The van der Waals surface area contributed by atoms with Crippen LogP contribution in [0.4, 0.5) is 4.39 Å². The number of halogens is 1. The van der Waals surface area contributed by atoms with Crippen molar-refractivity contribution in [2.45, 2.75) is 12.8 Å². The predicted molar refractivity (Wildman–Crippen MR) is 47.4 cm³/mol. The molecule has 1 aliphatic rings. The Morgan fingerprint density at radius 2 is 2.36 bits per heavy atom. The van der Waals surface area contributed by atoms with Crippen molar-refractivity contribution in [2.24, 2.45) is 5.92 Å². The van der Waals surface area contributed by atoms with Crippen molar-refractivity contribution in [3.63, 3.8) is 0 Å². The maximum atomic E-state index is 13.0. The summed E-state index contributed by atoms with van der Waals surface area (Å²) in [5, 5.41) is 0. The van der Waals surface area contributed by atoms with E-state index >= 15 is 0 Å². The molecule has 14 heavy (non-hydrogen) atoms. The van der Waals surface area contributed by atoms with Crippen LogP contribution in [0.25, 0.3) is 0 Å². The first kappa shape index (κ1) is 9.12. The van der Waals surface area contributed by atoms with E-state index in [0.29, 0.717) is 19.4 Å². The van der Waals surface area contributed by atoms with Crippen molar-refractivity contribution < 1.29 is 13.9 Å². The van der Waals surface area contributed by atoms with Gasteiger partial charge in [0.2, 0.25) is 5.88 Å². The molecule has 0 N–H and O–H groups in total. The summed E-state index contributed by atoms with van der Waals surface area (Å²) >= 11 is 0. The van der Waals surface area contributed by atoms with Gasteiger partial charge in [-0.05, 0) is 12.1 Å². The lowest BCUT2D eigenvalue weighted by Crippen LogP contribution is -2.28. The molecule has 2 rings (SSSR count). The van der Waals surface area contributed by atoms with E-state index in [9.17, 15) is 9.18 Å². The summed E-state index contributed by atoms with van der Waals surface area (Å²) in [6.07, 6.45) is 2.58. The number of hydrogen-bond donors (Lipinski definition) is 0. The first-order chi connectivity index (χ1) is 6.75. The van der Waals surface area contributed by atoms with Gasteiger partial charge in [-0.25, -0.2) is 9.37 Å². The highest BCUT2D eigenvalue weighted by Crippen LogP contribution is 2.23. The molecule has 1 aromatic rings. The van der Waals surface area contributed by atoms with Crippen molar-refractivity contribution in [2.75, 3.05) is 6.61 Å². The molecule has 1 aliphatic carbocycles. The Kier molecular flexibility index (Phi) is 2.43. The molecule has 0 aromatic carbocycles. The van der Waals surface area contributed by atoms with Crippen LogP contribution in [0, 0.1) is 11.7 Å². The average Bonchev–Trinajstić information content (AvgIpc) is 2.13. The molecule has 0 aliphatic heterocycles. The van der Waals surface area contributed by atoms with Crippen molar-refractivity contribution in [1.29, 1.82) is 0 Å². The largest absolute Gasteiger partial charge is 0.475 e. The van der Waals surface area contributed by atoms with E-state index in [0.717, 1.165) is 0 Å². The third kappa shape index (κ3) is 1.89. The molecule has 1 saturated carbocycles. The number of rotatable bonds is 3. The fourth-order valence-corrected chi connectivity index (χ4v) is 1.38. The number of carbonyl (C=O) groups excluding carboxylic acids is 1. The Labute approximate surface area is 80.9 Å². The van der Waals surface area contributed by atoms with Crippen LogP contribution in [0.15, 0.2) is 18.3 Å². The summed E-state index contributed by atoms with van der Waals surface area (Å²) in [7, 11) is 0. The quantitative estimate of drug-likeness (QED) is 0.735. The lowest BCUT2D eigenvalue weighted by atomic mass is 9.85. The highest BCUT2D eigenvalue weighted by Gasteiger charge is 2.27. The molecule has 1 heterocycles. The van der Waals surface area contributed by atoms with Crippen LogP contribution in [0.3, 0.4) is 0 Å². The molecule has 0 amide bonds. The van der Waals surface area contributed by atoms with Crippen molar-refractivity contribution in [3.05, 3.63) is 24.1 Å². The molecule has 4 heteroatoms. The Hall–Kier alpha value is -1.45. The maximum absolute atomic E-state index is 13.0. The summed E-state index contributed by atoms with van der Waals surface area (Å²) < 4.78 is 18.1. The summed E-state index contributed by atoms with van der Waals surface area (Å²) in [5.74, 6) is 0.0500. The highest BCUT2D eigenvalue weighted by molar-refractivity contribution is 5.84. The van der Waals surface area contributed by atoms with Gasteiger partial charge in [0.25, 0.3) is 0 Å². The van der Waals surface area contributed by atoms with Gasteiger partial charge >= 0.3 is 0 Å². The van der Waals surface area contributed by atoms with Crippen LogP contribution in [-0.4, -0.2) is 17.4 Å². The van der Waals surface area contributed by atoms with E-state index in [-0.39, 0.29) is 17.6 Å². The van der Waals surface area contributed by atoms with Gasteiger partial charge in [0.15, 0.2) is 5.82 Å². The number of ether oxygens (including phenoxy) is 1. The Bertz CT molecular complexity index is 346. The molecule has 1 fully saturated rings. The first-order valence-corrected chi connectivity index (χ1v) is 4.50. The summed E-state index contributed by atoms with van der Waals surface area (Å²) in [5.41, 5.74) is 0. The van der Waals surface area contributed by atoms with E-state index in [4.69, 9.17) is 4.74 Å².